The van der Waals surface area contributed by atoms with Gasteiger partial charge in [-0.05, 0) is 26.3 Å². The molecule has 0 saturated heterocycles. The second-order valence-electron chi connectivity index (χ2n) is 4.54. The summed E-state index contributed by atoms with van der Waals surface area (Å²) in [6.45, 7) is 0.730. The minimum atomic E-state index is 0.136. The Morgan fingerprint density at radius 2 is 2.41 bits per heavy atom. The minimum Gasteiger partial charge on any atom is -0.351 e. The summed E-state index contributed by atoms with van der Waals surface area (Å²) >= 11 is 0. The Kier molecular flexibility index (Phi) is 4.14. The van der Waals surface area contributed by atoms with Gasteiger partial charge < -0.3 is 15.2 Å². The molecule has 0 aromatic carbocycles. The summed E-state index contributed by atoms with van der Waals surface area (Å²) in [6, 6.07) is 0.629. The molecule has 1 heterocycles. The van der Waals surface area contributed by atoms with Crippen LogP contribution in [0.15, 0.2) is 18.7 Å². The molecule has 2 unspecified atom stereocenters. The number of carbonyl (C=O) groups excluding carboxylic acids is 1. The van der Waals surface area contributed by atoms with Crippen molar-refractivity contribution in [1.29, 1.82) is 0 Å². The molecule has 0 spiro atoms. The summed E-state index contributed by atoms with van der Waals surface area (Å²) in [6.07, 6.45) is 9.49. The molecule has 17 heavy (non-hydrogen) atoms. The molecule has 1 aliphatic rings. The van der Waals surface area contributed by atoms with E-state index in [9.17, 15) is 4.79 Å². The Bertz CT molecular complexity index is 349. The van der Waals surface area contributed by atoms with Crippen LogP contribution in [0.4, 0.5) is 0 Å². The minimum absolute atomic E-state index is 0.136. The highest BCUT2D eigenvalue weighted by molar-refractivity contribution is 5.76. The highest BCUT2D eigenvalue weighted by Gasteiger charge is 2.29. The average Bonchev–Trinajstić information content (AvgIpc) is 2.95. The zero-order chi connectivity index (χ0) is 12.1. The molecular weight excluding hydrogens is 216 g/mol. The first-order chi connectivity index (χ1) is 8.31. The van der Waals surface area contributed by atoms with Crippen LogP contribution in [0.25, 0.3) is 0 Å². The molecule has 0 aliphatic heterocycles. The Morgan fingerprint density at radius 1 is 1.53 bits per heavy atom. The second-order valence-corrected chi connectivity index (χ2v) is 4.54. The van der Waals surface area contributed by atoms with Gasteiger partial charge in [0.05, 0.1) is 12.4 Å². The van der Waals surface area contributed by atoms with Crippen LogP contribution in [0.1, 0.15) is 31.7 Å². The van der Waals surface area contributed by atoms with E-state index in [1.165, 1.54) is 6.42 Å². The standard InChI is InChI=1S/C12H20N4O/c1-13-6-5-12(17)15-10-3-2-4-11(10)16-8-7-14-9-16/h7-11,13H,2-6H2,1H3,(H,15,17). The van der Waals surface area contributed by atoms with Crippen molar-refractivity contribution >= 4 is 5.91 Å². The van der Waals surface area contributed by atoms with Crippen molar-refractivity contribution in [3.05, 3.63) is 18.7 Å². The van der Waals surface area contributed by atoms with Gasteiger partial charge in [-0.2, -0.15) is 0 Å². The SMILES string of the molecule is CNCCC(=O)NC1CCCC1n1ccnc1. The van der Waals surface area contributed by atoms with E-state index in [2.05, 4.69) is 20.2 Å². The van der Waals surface area contributed by atoms with Crippen molar-refractivity contribution in [3.8, 4) is 0 Å². The first kappa shape index (κ1) is 12.1. The van der Waals surface area contributed by atoms with Crippen LogP contribution in [0.2, 0.25) is 0 Å². The quantitative estimate of drug-likeness (QED) is 0.791. The lowest BCUT2D eigenvalue weighted by Gasteiger charge is -2.22. The predicted octanol–water partition coefficient (Wildman–Crippen LogP) is 0.702. The number of rotatable bonds is 5. The molecule has 1 saturated carbocycles. The fraction of sp³-hybridized carbons (Fsp3) is 0.667. The molecule has 5 heteroatoms. The fourth-order valence-electron chi connectivity index (χ4n) is 2.45. The van der Waals surface area contributed by atoms with E-state index in [-0.39, 0.29) is 11.9 Å². The summed E-state index contributed by atoms with van der Waals surface area (Å²) in [7, 11) is 1.86. The molecule has 1 amide bonds. The maximum atomic E-state index is 11.7. The summed E-state index contributed by atoms with van der Waals surface area (Å²) in [4.78, 5) is 15.8. The van der Waals surface area contributed by atoms with Gasteiger partial charge in [-0.15, -0.1) is 0 Å². The largest absolute Gasteiger partial charge is 0.351 e. The molecule has 5 nitrogen and oxygen atoms in total. The lowest BCUT2D eigenvalue weighted by molar-refractivity contribution is -0.121. The van der Waals surface area contributed by atoms with E-state index in [0.29, 0.717) is 12.5 Å². The Balaban J connectivity index is 1.89. The molecule has 0 bridgehead atoms. The van der Waals surface area contributed by atoms with Crippen LogP contribution in [-0.4, -0.2) is 35.1 Å². The Hall–Kier alpha value is -1.36. The van der Waals surface area contributed by atoms with E-state index < -0.39 is 0 Å². The van der Waals surface area contributed by atoms with Gasteiger partial charge >= 0.3 is 0 Å². The number of hydrogen-bond acceptors (Lipinski definition) is 3. The lowest BCUT2D eigenvalue weighted by Crippen LogP contribution is -2.39. The summed E-state index contributed by atoms with van der Waals surface area (Å²) in [5.74, 6) is 0.136. The van der Waals surface area contributed by atoms with Gasteiger partial charge in [-0.1, -0.05) is 0 Å². The number of carbonyl (C=O) groups is 1. The fourth-order valence-corrected chi connectivity index (χ4v) is 2.45. The van der Waals surface area contributed by atoms with Crippen molar-refractivity contribution in [2.45, 2.75) is 37.8 Å². The second kappa shape index (κ2) is 5.82. The van der Waals surface area contributed by atoms with E-state index >= 15 is 0 Å². The van der Waals surface area contributed by atoms with E-state index in [0.717, 1.165) is 19.4 Å². The van der Waals surface area contributed by atoms with Crippen molar-refractivity contribution in [1.82, 2.24) is 20.2 Å². The van der Waals surface area contributed by atoms with Crippen molar-refractivity contribution in [2.75, 3.05) is 13.6 Å². The zero-order valence-electron chi connectivity index (χ0n) is 10.2. The average molecular weight is 236 g/mol. The third-order valence-corrected chi connectivity index (χ3v) is 3.34. The lowest BCUT2D eigenvalue weighted by atomic mass is 10.1. The van der Waals surface area contributed by atoms with Crippen LogP contribution in [0.3, 0.4) is 0 Å². The summed E-state index contributed by atoms with van der Waals surface area (Å²) in [5.41, 5.74) is 0. The van der Waals surface area contributed by atoms with E-state index in [1.807, 2.05) is 19.6 Å². The van der Waals surface area contributed by atoms with Gasteiger partial charge in [0.15, 0.2) is 0 Å². The van der Waals surface area contributed by atoms with E-state index in [4.69, 9.17) is 0 Å². The van der Waals surface area contributed by atoms with Gasteiger partial charge in [0.1, 0.15) is 0 Å². The molecule has 2 N–H and O–H groups in total. The third kappa shape index (κ3) is 3.06. The monoisotopic (exact) mass is 236 g/mol. The molecule has 0 radical (unpaired) electrons. The molecular formula is C12H20N4O. The molecule has 94 valence electrons. The first-order valence-corrected chi connectivity index (χ1v) is 6.22. The van der Waals surface area contributed by atoms with Crippen molar-refractivity contribution in [3.63, 3.8) is 0 Å². The highest BCUT2D eigenvalue weighted by Crippen LogP contribution is 2.29. The van der Waals surface area contributed by atoms with Crippen LogP contribution in [0.5, 0.6) is 0 Å². The van der Waals surface area contributed by atoms with Crippen molar-refractivity contribution < 1.29 is 4.79 Å². The molecule has 1 fully saturated rings. The summed E-state index contributed by atoms with van der Waals surface area (Å²) < 4.78 is 2.11. The van der Waals surface area contributed by atoms with Crippen LogP contribution in [0, 0.1) is 0 Å². The van der Waals surface area contributed by atoms with Gasteiger partial charge in [-0.3, -0.25) is 4.79 Å². The third-order valence-electron chi connectivity index (χ3n) is 3.34. The number of imidazole rings is 1. The van der Waals surface area contributed by atoms with Crippen molar-refractivity contribution in [2.24, 2.45) is 0 Å². The number of nitrogens with zero attached hydrogens (tertiary/aromatic N) is 2. The molecule has 1 aliphatic carbocycles. The molecule has 2 rings (SSSR count). The Morgan fingerprint density at radius 3 is 3.12 bits per heavy atom. The Labute approximate surface area is 102 Å². The van der Waals surface area contributed by atoms with Gasteiger partial charge in [0, 0.05) is 31.4 Å². The van der Waals surface area contributed by atoms with Gasteiger partial charge in [0.25, 0.3) is 0 Å². The number of hydrogen-bond donors (Lipinski definition) is 2. The van der Waals surface area contributed by atoms with Crippen LogP contribution < -0.4 is 10.6 Å². The maximum Gasteiger partial charge on any atom is 0.221 e. The normalized spacial score (nSPS) is 23.8. The number of nitrogens with one attached hydrogen (secondary N) is 2. The molecule has 1 aromatic heterocycles. The smallest absolute Gasteiger partial charge is 0.221 e. The number of aromatic nitrogens is 2. The zero-order valence-corrected chi connectivity index (χ0v) is 10.2. The van der Waals surface area contributed by atoms with E-state index in [1.54, 1.807) is 6.20 Å². The topological polar surface area (TPSA) is 59.0 Å². The highest BCUT2D eigenvalue weighted by atomic mass is 16.1. The van der Waals surface area contributed by atoms with Gasteiger partial charge in [0.2, 0.25) is 5.91 Å². The van der Waals surface area contributed by atoms with Gasteiger partial charge in [-0.25, -0.2) is 4.98 Å². The first-order valence-electron chi connectivity index (χ1n) is 6.22. The molecule has 1 aromatic rings. The molecule has 2 atom stereocenters. The summed E-state index contributed by atoms with van der Waals surface area (Å²) in [5, 5.41) is 6.11. The predicted molar refractivity (Wildman–Crippen MR) is 65.6 cm³/mol. The van der Waals surface area contributed by atoms with Crippen LogP contribution in [-0.2, 0) is 4.79 Å². The van der Waals surface area contributed by atoms with Crippen LogP contribution >= 0.6 is 0 Å². The number of amides is 1. The maximum absolute atomic E-state index is 11.7.